The molecule has 0 bridgehead atoms. The number of aryl methyl sites for hydroxylation is 2. The van der Waals surface area contributed by atoms with Crippen molar-refractivity contribution in [2.45, 2.75) is 39.5 Å². The van der Waals surface area contributed by atoms with Crippen LogP contribution in [0.1, 0.15) is 41.9 Å². The molecule has 0 spiro atoms. The first kappa shape index (κ1) is 23.1. The Morgan fingerprint density at radius 2 is 1.88 bits per heavy atom. The van der Waals surface area contributed by atoms with Gasteiger partial charge in [-0.3, -0.25) is 4.79 Å². The number of carbonyl (C=O) groups is 1. The van der Waals surface area contributed by atoms with Gasteiger partial charge in [-0.1, -0.05) is 18.3 Å². The summed E-state index contributed by atoms with van der Waals surface area (Å²) in [7, 11) is 0. The first-order valence-corrected chi connectivity index (χ1v) is 11.8. The largest absolute Gasteiger partial charge is 0.483 e. The molecule has 0 saturated carbocycles. The first-order valence-electron chi connectivity index (χ1n) is 11.0. The molecule has 1 aromatic carbocycles. The zero-order chi connectivity index (χ0) is 23.5. The van der Waals surface area contributed by atoms with Gasteiger partial charge in [0.2, 0.25) is 0 Å². The number of nitrogens with zero attached hydrogens (tertiary/aromatic N) is 5. The van der Waals surface area contributed by atoms with Crippen LogP contribution in [0.5, 0.6) is 0 Å². The number of likely N-dealkylation sites (tertiary alicyclic amines) is 1. The number of pyridine rings is 1. The number of fused-ring (bicyclic) bond motifs is 2. The highest BCUT2D eigenvalue weighted by Gasteiger charge is 2.22. The minimum atomic E-state index is -0.273. The highest BCUT2D eigenvalue weighted by molar-refractivity contribution is 7.18. The quantitative estimate of drug-likeness (QED) is 0.426. The number of rotatable bonds is 3. The maximum Gasteiger partial charge on any atom is 0.290 e. The Morgan fingerprint density at radius 1 is 1.15 bits per heavy atom. The van der Waals surface area contributed by atoms with Crippen molar-refractivity contribution < 1.29 is 14.3 Å². The van der Waals surface area contributed by atoms with Crippen LogP contribution in [0.2, 0.25) is 0 Å². The SMILES string of the molecule is CCN1CCC(c2cc3c(F)cc(-c4cc(C)c5nc(C)sc5n4)cc3nn2)CC1.O=CO. The maximum absolute atomic E-state index is 15.1. The minimum Gasteiger partial charge on any atom is -0.483 e. The Kier molecular flexibility index (Phi) is 6.90. The molecule has 33 heavy (non-hydrogen) atoms. The van der Waals surface area contributed by atoms with Gasteiger partial charge in [-0.15, -0.1) is 0 Å². The minimum absolute atomic E-state index is 0.250. The number of hydrogen-bond donors (Lipinski definition) is 1. The molecule has 5 rings (SSSR count). The normalized spacial score (nSPS) is 14.9. The molecule has 0 amide bonds. The predicted octanol–water partition coefficient (Wildman–Crippen LogP) is 4.96. The Hall–Kier alpha value is -3.04. The summed E-state index contributed by atoms with van der Waals surface area (Å²) in [5.74, 6) is 0.0785. The van der Waals surface area contributed by atoms with Gasteiger partial charge in [-0.05, 0) is 76.2 Å². The number of piperidine rings is 1. The molecular weight excluding hydrogens is 441 g/mol. The average Bonchev–Trinajstić information content (AvgIpc) is 3.20. The molecule has 4 heterocycles. The van der Waals surface area contributed by atoms with Gasteiger partial charge in [-0.2, -0.15) is 10.2 Å². The zero-order valence-electron chi connectivity index (χ0n) is 18.9. The highest BCUT2D eigenvalue weighted by atomic mass is 32.1. The topological polar surface area (TPSA) is 92.1 Å². The fraction of sp³-hybridized carbons (Fsp3) is 0.375. The standard InChI is InChI=1S/C23H24FN5S.CH2O2/c1-4-29-7-5-15(6-8-29)20-12-17-18(24)10-16(11-21(17)28-27-20)19-9-13(2)22-23(26-19)30-14(3)25-22;2-1-3/h9-12,15H,4-8H2,1-3H3;1H,(H,2,3). The summed E-state index contributed by atoms with van der Waals surface area (Å²) in [5, 5.41) is 17.3. The van der Waals surface area contributed by atoms with E-state index in [9.17, 15) is 0 Å². The van der Waals surface area contributed by atoms with Crippen LogP contribution in [-0.2, 0) is 4.79 Å². The van der Waals surface area contributed by atoms with E-state index in [-0.39, 0.29) is 12.3 Å². The van der Waals surface area contributed by atoms with Gasteiger partial charge in [0, 0.05) is 16.9 Å². The molecule has 0 atom stereocenters. The summed E-state index contributed by atoms with van der Waals surface area (Å²) < 4.78 is 15.1. The van der Waals surface area contributed by atoms with Crippen LogP contribution in [0.25, 0.3) is 32.5 Å². The van der Waals surface area contributed by atoms with Crippen molar-refractivity contribution in [1.29, 1.82) is 0 Å². The Morgan fingerprint density at radius 3 is 2.58 bits per heavy atom. The molecule has 1 N–H and O–H groups in total. The number of aromatic nitrogens is 4. The van der Waals surface area contributed by atoms with Crippen LogP contribution >= 0.6 is 11.3 Å². The van der Waals surface area contributed by atoms with Gasteiger partial charge in [0.05, 0.1) is 21.9 Å². The van der Waals surface area contributed by atoms with Crippen LogP contribution in [0.4, 0.5) is 4.39 Å². The molecule has 1 fully saturated rings. The van der Waals surface area contributed by atoms with E-state index in [1.165, 1.54) is 0 Å². The lowest BCUT2D eigenvalue weighted by Gasteiger charge is -2.30. The van der Waals surface area contributed by atoms with Gasteiger partial charge >= 0.3 is 0 Å². The third kappa shape index (κ3) is 4.84. The Balaban J connectivity index is 0.000000821. The Labute approximate surface area is 195 Å². The molecule has 3 aromatic heterocycles. The second-order valence-electron chi connectivity index (χ2n) is 8.19. The number of halogens is 1. The number of carboxylic acid groups (broad SMARTS) is 1. The average molecular weight is 468 g/mol. The zero-order valence-corrected chi connectivity index (χ0v) is 19.7. The molecule has 1 saturated heterocycles. The lowest BCUT2D eigenvalue weighted by atomic mass is 9.92. The van der Waals surface area contributed by atoms with E-state index in [0.717, 1.165) is 64.8 Å². The van der Waals surface area contributed by atoms with Crippen molar-refractivity contribution in [2.24, 2.45) is 0 Å². The second kappa shape index (κ2) is 9.84. The summed E-state index contributed by atoms with van der Waals surface area (Å²) in [6.07, 6.45) is 2.09. The fourth-order valence-electron chi connectivity index (χ4n) is 4.32. The van der Waals surface area contributed by atoms with Crippen LogP contribution in [-0.4, -0.2) is 56.3 Å². The van der Waals surface area contributed by atoms with Gasteiger partial charge in [0.1, 0.15) is 16.2 Å². The summed E-state index contributed by atoms with van der Waals surface area (Å²) in [5.41, 5.74) is 4.89. The summed E-state index contributed by atoms with van der Waals surface area (Å²) in [4.78, 5) is 20.9. The molecule has 9 heteroatoms. The van der Waals surface area contributed by atoms with Crippen molar-refractivity contribution in [3.63, 3.8) is 0 Å². The monoisotopic (exact) mass is 467 g/mol. The van der Waals surface area contributed by atoms with Crippen molar-refractivity contribution in [1.82, 2.24) is 25.1 Å². The van der Waals surface area contributed by atoms with Crippen molar-refractivity contribution in [3.05, 3.63) is 46.3 Å². The van der Waals surface area contributed by atoms with Gasteiger partial charge in [0.25, 0.3) is 6.47 Å². The maximum atomic E-state index is 15.1. The third-order valence-corrected chi connectivity index (χ3v) is 6.95. The summed E-state index contributed by atoms with van der Waals surface area (Å²) in [6.45, 7) is 9.13. The molecule has 4 aromatic rings. The fourth-order valence-corrected chi connectivity index (χ4v) is 5.19. The molecule has 0 aliphatic carbocycles. The first-order chi connectivity index (χ1) is 15.9. The lowest BCUT2D eigenvalue weighted by Crippen LogP contribution is -2.32. The summed E-state index contributed by atoms with van der Waals surface area (Å²) >= 11 is 1.56. The number of thiazole rings is 1. The number of hydrogen-bond acceptors (Lipinski definition) is 7. The van der Waals surface area contributed by atoms with E-state index in [2.05, 4.69) is 27.0 Å². The smallest absolute Gasteiger partial charge is 0.290 e. The Bertz CT molecular complexity index is 1300. The molecule has 0 unspecified atom stereocenters. The molecule has 1 aliphatic rings. The predicted molar refractivity (Wildman–Crippen MR) is 128 cm³/mol. The van der Waals surface area contributed by atoms with E-state index in [0.29, 0.717) is 22.4 Å². The van der Waals surface area contributed by atoms with Gasteiger partial charge in [0.15, 0.2) is 0 Å². The van der Waals surface area contributed by atoms with Gasteiger partial charge < -0.3 is 10.0 Å². The molecular formula is C24H26FN5O2S. The molecule has 7 nitrogen and oxygen atoms in total. The third-order valence-electron chi connectivity index (χ3n) is 6.09. The van der Waals surface area contributed by atoms with Crippen molar-refractivity contribution in [3.8, 4) is 11.3 Å². The van der Waals surface area contributed by atoms with Crippen molar-refractivity contribution in [2.75, 3.05) is 19.6 Å². The van der Waals surface area contributed by atoms with E-state index in [4.69, 9.17) is 14.9 Å². The van der Waals surface area contributed by atoms with Crippen LogP contribution in [0.15, 0.2) is 24.3 Å². The summed E-state index contributed by atoms with van der Waals surface area (Å²) in [6, 6.07) is 7.30. The van der Waals surface area contributed by atoms with Crippen molar-refractivity contribution >= 4 is 39.1 Å². The molecule has 1 aliphatic heterocycles. The molecule has 172 valence electrons. The van der Waals surface area contributed by atoms with Crippen LogP contribution in [0, 0.1) is 19.7 Å². The molecule has 0 radical (unpaired) electrons. The van der Waals surface area contributed by atoms with E-state index < -0.39 is 0 Å². The van der Waals surface area contributed by atoms with Crippen LogP contribution < -0.4 is 0 Å². The van der Waals surface area contributed by atoms with Gasteiger partial charge in [-0.25, -0.2) is 14.4 Å². The highest BCUT2D eigenvalue weighted by Crippen LogP contribution is 2.32. The van der Waals surface area contributed by atoms with Crippen LogP contribution in [0.3, 0.4) is 0 Å². The van der Waals surface area contributed by atoms with E-state index in [1.54, 1.807) is 17.4 Å². The van der Waals surface area contributed by atoms with E-state index in [1.807, 2.05) is 32.0 Å². The second-order valence-corrected chi connectivity index (χ2v) is 9.37. The number of benzene rings is 1. The van der Waals surface area contributed by atoms with E-state index >= 15 is 4.39 Å². The lowest BCUT2D eigenvalue weighted by molar-refractivity contribution is -0.122.